The zero-order chi connectivity index (χ0) is 17.1. The Hall–Kier alpha value is -1.35. The number of benzene rings is 1. The molecule has 3 nitrogen and oxygen atoms in total. The van der Waals surface area contributed by atoms with Gasteiger partial charge in [-0.05, 0) is 25.3 Å². The van der Waals surface area contributed by atoms with Crippen LogP contribution in [0.3, 0.4) is 0 Å². The van der Waals surface area contributed by atoms with Crippen LogP contribution in [0.2, 0.25) is 0 Å². The third-order valence-electron chi connectivity index (χ3n) is 5.29. The highest BCUT2D eigenvalue weighted by Crippen LogP contribution is 2.86. The third kappa shape index (κ3) is 2.91. The number of hydrogen-bond donors (Lipinski definition) is 1. The van der Waals surface area contributed by atoms with E-state index in [2.05, 4.69) is 41.4 Å². The van der Waals surface area contributed by atoms with Crippen molar-refractivity contribution in [3.63, 3.8) is 0 Å². The molecule has 1 aromatic carbocycles. The number of piperazine rings is 1. The van der Waals surface area contributed by atoms with Crippen LogP contribution in [0.4, 0.5) is 0 Å². The fourth-order valence-electron chi connectivity index (χ4n) is 3.77. The monoisotopic (exact) mass is 316 g/mol. The highest BCUT2D eigenvalue weighted by molar-refractivity contribution is 5.94. The second-order valence-electron chi connectivity index (χ2n) is 6.43. The van der Waals surface area contributed by atoms with Crippen molar-refractivity contribution in [3.8, 4) is 0 Å². The fourth-order valence-corrected chi connectivity index (χ4v) is 3.77. The number of rotatable bonds is 2. The topological polar surface area (TPSA) is 32.3 Å². The molecular weight excluding hydrogens is 284 g/mol. The van der Waals surface area contributed by atoms with Crippen molar-refractivity contribution in [2.75, 3.05) is 26.2 Å². The minimum Gasteiger partial charge on any atom is -0.340 e. The van der Waals surface area contributed by atoms with Gasteiger partial charge in [-0.3, -0.25) is 4.79 Å². The first-order chi connectivity index (χ1) is 11.2. The molecule has 2 aliphatic carbocycles. The maximum Gasteiger partial charge on any atom is 0.229 e. The van der Waals surface area contributed by atoms with Crippen LogP contribution >= 0.6 is 0 Å². The van der Waals surface area contributed by atoms with Crippen molar-refractivity contribution >= 4 is 5.91 Å². The largest absolute Gasteiger partial charge is 0.340 e. The molecule has 2 saturated carbocycles. The SMILES string of the molecule is CC.CC.Cc1ccc(C23CC2(C(=O)N2CCNCC2)C3)cc1. The molecule has 3 aliphatic rings. The van der Waals surface area contributed by atoms with Crippen LogP contribution in [-0.4, -0.2) is 37.0 Å². The molecule has 1 aromatic rings. The lowest BCUT2D eigenvalue weighted by Gasteiger charge is -2.28. The zero-order valence-corrected chi connectivity index (χ0v) is 15.4. The van der Waals surface area contributed by atoms with Crippen molar-refractivity contribution in [1.82, 2.24) is 10.2 Å². The van der Waals surface area contributed by atoms with Gasteiger partial charge in [-0.1, -0.05) is 57.5 Å². The first kappa shape index (κ1) is 18.0. The van der Waals surface area contributed by atoms with Gasteiger partial charge < -0.3 is 10.2 Å². The fraction of sp³-hybridized carbons (Fsp3) is 0.650. The molecule has 3 heteroatoms. The van der Waals surface area contributed by atoms with E-state index < -0.39 is 0 Å². The maximum atomic E-state index is 12.7. The Morgan fingerprint density at radius 3 is 2.04 bits per heavy atom. The van der Waals surface area contributed by atoms with Crippen molar-refractivity contribution in [1.29, 1.82) is 0 Å². The minimum absolute atomic E-state index is 0.0143. The normalized spacial score (nSPS) is 30.0. The smallest absolute Gasteiger partial charge is 0.229 e. The van der Waals surface area contributed by atoms with Crippen LogP contribution in [0, 0.1) is 12.3 Å². The summed E-state index contributed by atoms with van der Waals surface area (Å²) in [5, 5.41) is 3.31. The van der Waals surface area contributed by atoms with Crippen molar-refractivity contribution in [3.05, 3.63) is 35.4 Å². The summed E-state index contributed by atoms with van der Waals surface area (Å²) >= 11 is 0. The lowest BCUT2D eigenvalue weighted by Crippen LogP contribution is -2.47. The highest BCUT2D eigenvalue weighted by atomic mass is 16.2. The van der Waals surface area contributed by atoms with Crippen LogP contribution in [0.1, 0.15) is 51.7 Å². The number of fused-ring (bicyclic) bond motifs is 1. The van der Waals surface area contributed by atoms with Crippen LogP contribution in [0.25, 0.3) is 0 Å². The Morgan fingerprint density at radius 1 is 1.00 bits per heavy atom. The molecule has 0 unspecified atom stereocenters. The summed E-state index contributed by atoms with van der Waals surface area (Å²) in [6, 6.07) is 8.77. The number of carbonyl (C=O) groups excluding carboxylic acids is 1. The quantitative estimate of drug-likeness (QED) is 0.905. The number of aryl methyl sites for hydroxylation is 1. The maximum absolute atomic E-state index is 12.7. The van der Waals surface area contributed by atoms with Gasteiger partial charge in [0.15, 0.2) is 0 Å². The Labute approximate surface area is 141 Å². The van der Waals surface area contributed by atoms with Crippen LogP contribution in [0.5, 0.6) is 0 Å². The number of amides is 1. The van der Waals surface area contributed by atoms with E-state index in [1.54, 1.807) is 0 Å². The van der Waals surface area contributed by atoms with Crippen LogP contribution in [-0.2, 0) is 10.2 Å². The summed E-state index contributed by atoms with van der Waals surface area (Å²) in [6.45, 7) is 13.8. The summed E-state index contributed by atoms with van der Waals surface area (Å²) in [5.74, 6) is 0.412. The molecule has 3 fully saturated rings. The molecule has 0 bridgehead atoms. The molecule has 23 heavy (non-hydrogen) atoms. The molecule has 0 radical (unpaired) electrons. The van der Waals surface area contributed by atoms with Gasteiger partial charge in [-0.15, -0.1) is 0 Å². The average Bonchev–Trinajstić information content (AvgIpc) is 3.47. The minimum atomic E-state index is -0.0143. The Bertz CT molecular complexity index is 523. The third-order valence-corrected chi connectivity index (χ3v) is 5.29. The van der Waals surface area contributed by atoms with Gasteiger partial charge in [0.05, 0.1) is 5.41 Å². The summed E-state index contributed by atoms with van der Waals surface area (Å²) in [4.78, 5) is 14.7. The average molecular weight is 316 g/mol. The van der Waals surface area contributed by atoms with Crippen LogP contribution in [0.15, 0.2) is 24.3 Å². The highest BCUT2D eigenvalue weighted by Gasteiger charge is 2.87. The molecule has 1 saturated heterocycles. The zero-order valence-electron chi connectivity index (χ0n) is 15.4. The lowest BCUT2D eigenvalue weighted by molar-refractivity contribution is -0.135. The molecule has 1 heterocycles. The van der Waals surface area contributed by atoms with Gasteiger partial charge in [-0.2, -0.15) is 0 Å². The second-order valence-corrected chi connectivity index (χ2v) is 6.43. The van der Waals surface area contributed by atoms with E-state index in [0.717, 1.165) is 39.0 Å². The van der Waals surface area contributed by atoms with E-state index in [-0.39, 0.29) is 10.8 Å². The van der Waals surface area contributed by atoms with E-state index in [0.29, 0.717) is 5.91 Å². The molecular formula is C20H32N2O. The number of nitrogens with one attached hydrogen (secondary N) is 1. The first-order valence-corrected chi connectivity index (χ1v) is 9.25. The van der Waals surface area contributed by atoms with Crippen molar-refractivity contribution in [2.45, 2.75) is 52.9 Å². The lowest BCUT2D eigenvalue weighted by atomic mass is 10.0. The summed E-state index contributed by atoms with van der Waals surface area (Å²) in [6.07, 6.45) is 2.15. The summed E-state index contributed by atoms with van der Waals surface area (Å²) in [7, 11) is 0. The van der Waals surface area contributed by atoms with Gasteiger partial charge >= 0.3 is 0 Å². The van der Waals surface area contributed by atoms with E-state index in [4.69, 9.17) is 0 Å². The van der Waals surface area contributed by atoms with Gasteiger partial charge in [0, 0.05) is 31.6 Å². The van der Waals surface area contributed by atoms with Gasteiger partial charge in [0.25, 0.3) is 0 Å². The summed E-state index contributed by atoms with van der Waals surface area (Å²) < 4.78 is 0. The molecule has 4 rings (SSSR count). The van der Waals surface area contributed by atoms with E-state index in [1.807, 2.05) is 27.7 Å². The Balaban J connectivity index is 0.000000448. The van der Waals surface area contributed by atoms with Crippen molar-refractivity contribution < 1.29 is 4.79 Å². The number of hydrogen-bond acceptors (Lipinski definition) is 2. The van der Waals surface area contributed by atoms with Crippen molar-refractivity contribution in [2.24, 2.45) is 5.41 Å². The van der Waals surface area contributed by atoms with E-state index in [1.165, 1.54) is 11.1 Å². The molecule has 0 aromatic heterocycles. The predicted molar refractivity (Wildman–Crippen MR) is 96.7 cm³/mol. The number of carbonyl (C=O) groups is 1. The Morgan fingerprint density at radius 2 is 1.52 bits per heavy atom. The van der Waals surface area contributed by atoms with Crippen LogP contribution < -0.4 is 5.32 Å². The van der Waals surface area contributed by atoms with Gasteiger partial charge in [0.1, 0.15) is 0 Å². The summed E-state index contributed by atoms with van der Waals surface area (Å²) in [5.41, 5.74) is 2.87. The second kappa shape index (κ2) is 7.04. The standard InChI is InChI=1S/C16H20N2O.2C2H6/c1-12-2-4-13(5-3-12)15-10-16(15,11-15)14(19)18-8-6-17-7-9-18;2*1-2/h2-5,17H,6-11H2,1H3;2*1-2H3. The molecule has 1 amide bonds. The molecule has 1 N–H and O–H groups in total. The van der Waals surface area contributed by atoms with Gasteiger partial charge in [0.2, 0.25) is 5.91 Å². The van der Waals surface area contributed by atoms with E-state index >= 15 is 0 Å². The first-order valence-electron chi connectivity index (χ1n) is 9.25. The molecule has 128 valence electrons. The number of nitrogens with zero attached hydrogens (tertiary/aromatic N) is 1. The van der Waals surface area contributed by atoms with Gasteiger partial charge in [-0.25, -0.2) is 0 Å². The van der Waals surface area contributed by atoms with E-state index in [9.17, 15) is 4.79 Å². The Kier molecular flexibility index (Phi) is 5.51. The molecule has 0 spiro atoms. The molecule has 0 atom stereocenters. The molecule has 1 aliphatic heterocycles. The predicted octanol–water partition coefficient (Wildman–Crippen LogP) is 3.51.